The fourth-order valence-corrected chi connectivity index (χ4v) is 3.87. The summed E-state index contributed by atoms with van der Waals surface area (Å²) < 4.78 is 0.766. The fraction of sp³-hybridized carbons (Fsp3) is 0.190. The zero-order chi connectivity index (χ0) is 18.5. The van der Waals surface area contributed by atoms with Gasteiger partial charge >= 0.3 is 0 Å². The molecule has 26 heavy (non-hydrogen) atoms. The van der Waals surface area contributed by atoms with Crippen molar-refractivity contribution in [1.82, 2.24) is 4.90 Å². The number of benzene rings is 2. The Hall–Kier alpha value is -2.14. The van der Waals surface area contributed by atoms with Crippen LogP contribution >= 0.6 is 22.9 Å². The number of nitrogens with one attached hydrogen (secondary N) is 1. The Kier molecular flexibility index (Phi) is 6.09. The van der Waals surface area contributed by atoms with Crippen LogP contribution in [0.2, 0.25) is 4.34 Å². The number of nitrogens with zero attached hydrogens (tertiary/aromatic N) is 1. The van der Waals surface area contributed by atoms with Crippen LogP contribution in [-0.2, 0) is 11.3 Å². The van der Waals surface area contributed by atoms with E-state index in [0.29, 0.717) is 6.54 Å². The first kappa shape index (κ1) is 18.6. The second kappa shape index (κ2) is 8.49. The number of carbonyl (C=O) groups excluding carboxylic acids is 1. The third-order valence-electron chi connectivity index (χ3n) is 4.34. The van der Waals surface area contributed by atoms with E-state index in [4.69, 9.17) is 11.6 Å². The molecule has 0 aliphatic heterocycles. The molecule has 1 atom stereocenters. The number of para-hydroxylation sites is 1. The third kappa shape index (κ3) is 4.52. The standard InChI is InChI=1S/C21H21ClN2OS/c1-15(24(2)14-17-12-13-20(22)26-17)21(25)23-19-11-7-6-10-18(19)16-8-4-3-5-9-16/h3-13,15H,14H2,1-2H3,(H,23,25)/t15-/m0/s1. The summed E-state index contributed by atoms with van der Waals surface area (Å²) in [5, 5.41) is 3.08. The first-order valence-electron chi connectivity index (χ1n) is 8.44. The molecule has 3 nitrogen and oxygen atoms in total. The number of anilines is 1. The molecule has 0 bridgehead atoms. The van der Waals surface area contributed by atoms with Crippen LogP contribution in [0.3, 0.4) is 0 Å². The van der Waals surface area contributed by atoms with E-state index in [2.05, 4.69) is 5.32 Å². The Morgan fingerprint density at radius 3 is 2.46 bits per heavy atom. The lowest BCUT2D eigenvalue weighted by Gasteiger charge is -2.24. The Bertz CT molecular complexity index is 878. The van der Waals surface area contributed by atoms with Gasteiger partial charge in [-0.25, -0.2) is 0 Å². The summed E-state index contributed by atoms with van der Waals surface area (Å²) in [6.07, 6.45) is 0. The van der Waals surface area contributed by atoms with Gasteiger partial charge in [-0.3, -0.25) is 9.69 Å². The van der Waals surface area contributed by atoms with Crippen molar-refractivity contribution in [2.45, 2.75) is 19.5 Å². The van der Waals surface area contributed by atoms with Gasteiger partial charge in [-0.15, -0.1) is 11.3 Å². The zero-order valence-corrected chi connectivity index (χ0v) is 16.3. The second-order valence-corrected chi connectivity index (χ2v) is 8.00. The summed E-state index contributed by atoms with van der Waals surface area (Å²) in [4.78, 5) is 15.9. The second-order valence-electron chi connectivity index (χ2n) is 6.20. The lowest BCUT2D eigenvalue weighted by Crippen LogP contribution is -2.39. The Morgan fingerprint density at radius 2 is 1.77 bits per heavy atom. The lowest BCUT2D eigenvalue weighted by molar-refractivity contribution is -0.120. The molecule has 0 saturated heterocycles. The van der Waals surface area contributed by atoms with Crippen LogP contribution in [0.15, 0.2) is 66.7 Å². The maximum absolute atomic E-state index is 12.8. The zero-order valence-electron chi connectivity index (χ0n) is 14.8. The van der Waals surface area contributed by atoms with E-state index in [1.165, 1.54) is 0 Å². The number of rotatable bonds is 6. The van der Waals surface area contributed by atoms with Gasteiger partial charge in [0, 0.05) is 22.7 Å². The van der Waals surface area contributed by atoms with Crippen molar-refractivity contribution < 1.29 is 4.79 Å². The molecule has 3 aromatic rings. The number of thiophene rings is 1. The highest BCUT2D eigenvalue weighted by atomic mass is 35.5. The average Bonchev–Trinajstić information content (AvgIpc) is 3.07. The molecule has 0 spiro atoms. The van der Waals surface area contributed by atoms with Gasteiger partial charge < -0.3 is 5.32 Å². The molecule has 1 amide bonds. The van der Waals surface area contributed by atoms with Crippen LogP contribution in [0.4, 0.5) is 5.69 Å². The predicted molar refractivity (Wildman–Crippen MR) is 111 cm³/mol. The summed E-state index contributed by atoms with van der Waals surface area (Å²) in [5.41, 5.74) is 2.92. The number of likely N-dealkylation sites (N-methyl/N-ethyl adjacent to an activating group) is 1. The van der Waals surface area contributed by atoms with Gasteiger partial charge in [0.2, 0.25) is 5.91 Å². The van der Waals surface area contributed by atoms with E-state index in [1.54, 1.807) is 11.3 Å². The molecular weight excluding hydrogens is 364 g/mol. The number of carbonyl (C=O) groups is 1. The summed E-state index contributed by atoms with van der Waals surface area (Å²) in [7, 11) is 1.95. The van der Waals surface area contributed by atoms with E-state index in [0.717, 1.165) is 26.0 Å². The minimum Gasteiger partial charge on any atom is -0.324 e. The number of amides is 1. The highest BCUT2D eigenvalue weighted by Gasteiger charge is 2.20. The fourth-order valence-electron chi connectivity index (χ4n) is 2.72. The smallest absolute Gasteiger partial charge is 0.241 e. The van der Waals surface area contributed by atoms with Gasteiger partial charge in [-0.2, -0.15) is 0 Å². The monoisotopic (exact) mass is 384 g/mol. The molecule has 0 fully saturated rings. The summed E-state index contributed by atoms with van der Waals surface area (Å²) in [5.74, 6) is -0.0291. The maximum atomic E-state index is 12.8. The van der Waals surface area contributed by atoms with Gasteiger partial charge in [-0.1, -0.05) is 60.1 Å². The summed E-state index contributed by atoms with van der Waals surface area (Å²) >= 11 is 7.53. The van der Waals surface area contributed by atoms with Crippen molar-refractivity contribution >= 4 is 34.5 Å². The van der Waals surface area contributed by atoms with Crippen molar-refractivity contribution in [2.75, 3.05) is 12.4 Å². The van der Waals surface area contributed by atoms with Gasteiger partial charge in [0.05, 0.1) is 10.4 Å². The first-order valence-corrected chi connectivity index (χ1v) is 9.64. The molecule has 0 aliphatic carbocycles. The largest absolute Gasteiger partial charge is 0.324 e. The van der Waals surface area contributed by atoms with E-state index in [1.807, 2.05) is 85.6 Å². The summed E-state index contributed by atoms with van der Waals surface area (Å²) in [6.45, 7) is 2.60. The molecule has 0 unspecified atom stereocenters. The molecule has 1 aromatic heterocycles. The highest BCUT2D eigenvalue weighted by molar-refractivity contribution is 7.16. The van der Waals surface area contributed by atoms with Crippen LogP contribution in [0.25, 0.3) is 11.1 Å². The molecule has 0 saturated carbocycles. The first-order chi connectivity index (χ1) is 12.5. The van der Waals surface area contributed by atoms with E-state index < -0.39 is 0 Å². The molecule has 2 aromatic carbocycles. The van der Waals surface area contributed by atoms with Gasteiger partial charge in [0.25, 0.3) is 0 Å². The van der Waals surface area contributed by atoms with Crippen LogP contribution < -0.4 is 5.32 Å². The minimum atomic E-state index is -0.264. The van der Waals surface area contributed by atoms with E-state index in [9.17, 15) is 4.79 Å². The number of hydrogen-bond donors (Lipinski definition) is 1. The van der Waals surface area contributed by atoms with Crippen LogP contribution in [0.5, 0.6) is 0 Å². The molecule has 0 radical (unpaired) electrons. The predicted octanol–water partition coefficient (Wildman–Crippen LogP) is 5.53. The molecule has 134 valence electrons. The van der Waals surface area contributed by atoms with Crippen molar-refractivity contribution in [2.24, 2.45) is 0 Å². The Labute approximate surface area is 163 Å². The average molecular weight is 385 g/mol. The number of hydrogen-bond acceptors (Lipinski definition) is 3. The van der Waals surface area contributed by atoms with Gasteiger partial charge in [0.15, 0.2) is 0 Å². The van der Waals surface area contributed by atoms with Crippen LogP contribution in [-0.4, -0.2) is 23.9 Å². The molecular formula is C21H21ClN2OS. The van der Waals surface area contributed by atoms with Gasteiger partial charge in [-0.05, 0) is 37.7 Å². The summed E-state index contributed by atoms with van der Waals surface area (Å²) in [6, 6.07) is 21.6. The van der Waals surface area contributed by atoms with Gasteiger partial charge in [0.1, 0.15) is 0 Å². The Morgan fingerprint density at radius 1 is 1.08 bits per heavy atom. The molecule has 3 rings (SSSR count). The number of halogens is 1. The Balaban J connectivity index is 1.71. The van der Waals surface area contributed by atoms with Crippen LogP contribution in [0, 0.1) is 0 Å². The lowest BCUT2D eigenvalue weighted by atomic mass is 10.0. The van der Waals surface area contributed by atoms with Crippen molar-refractivity contribution in [1.29, 1.82) is 0 Å². The normalized spacial score (nSPS) is 12.2. The molecule has 5 heteroatoms. The van der Waals surface area contributed by atoms with E-state index >= 15 is 0 Å². The molecule has 0 aliphatic rings. The maximum Gasteiger partial charge on any atom is 0.241 e. The highest BCUT2D eigenvalue weighted by Crippen LogP contribution is 2.28. The quantitative estimate of drug-likeness (QED) is 0.606. The van der Waals surface area contributed by atoms with E-state index in [-0.39, 0.29) is 11.9 Å². The third-order valence-corrected chi connectivity index (χ3v) is 5.56. The van der Waals surface area contributed by atoms with Crippen molar-refractivity contribution in [3.63, 3.8) is 0 Å². The minimum absolute atomic E-state index is 0.0291. The molecule has 1 N–H and O–H groups in total. The van der Waals surface area contributed by atoms with Crippen molar-refractivity contribution in [3.05, 3.63) is 75.9 Å². The SMILES string of the molecule is C[C@@H](C(=O)Nc1ccccc1-c1ccccc1)N(C)Cc1ccc(Cl)s1. The van der Waals surface area contributed by atoms with Crippen molar-refractivity contribution in [3.8, 4) is 11.1 Å². The molecule has 1 heterocycles. The van der Waals surface area contributed by atoms with Crippen LogP contribution in [0.1, 0.15) is 11.8 Å². The topological polar surface area (TPSA) is 32.3 Å².